The predicted octanol–water partition coefficient (Wildman–Crippen LogP) is 3.61. The normalized spacial score (nSPS) is 13.9. The highest BCUT2D eigenvalue weighted by Crippen LogP contribution is 2.24. The lowest BCUT2D eigenvalue weighted by atomic mass is 10.1. The molecule has 1 N–H and O–H groups in total. The number of carbonyl (C=O) groups is 1. The third-order valence-electron chi connectivity index (χ3n) is 4.91. The Kier molecular flexibility index (Phi) is 4.56. The molecule has 26 heavy (non-hydrogen) atoms. The first-order valence-corrected chi connectivity index (χ1v) is 9.05. The molecule has 1 amide bonds. The van der Waals surface area contributed by atoms with Crippen LogP contribution in [0, 0.1) is 0 Å². The van der Waals surface area contributed by atoms with E-state index in [4.69, 9.17) is 4.52 Å². The lowest BCUT2D eigenvalue weighted by Gasteiger charge is -2.15. The maximum atomic E-state index is 12.7. The highest BCUT2D eigenvalue weighted by Gasteiger charge is 2.21. The summed E-state index contributed by atoms with van der Waals surface area (Å²) in [5, 5.41) is 11.6. The molecule has 2 heterocycles. The number of amides is 1. The van der Waals surface area contributed by atoms with Crippen molar-refractivity contribution in [3.05, 3.63) is 59.0 Å². The van der Waals surface area contributed by atoms with Crippen LogP contribution < -0.4 is 0 Å². The minimum atomic E-state index is -0.165. The Morgan fingerprint density at radius 2 is 2.00 bits per heavy atom. The average Bonchev–Trinajstić information content (AvgIpc) is 3.23. The summed E-state index contributed by atoms with van der Waals surface area (Å²) < 4.78 is 5.34. The average molecular weight is 350 g/mol. The molecule has 0 saturated carbocycles. The van der Waals surface area contributed by atoms with Crippen molar-refractivity contribution in [2.45, 2.75) is 38.6 Å². The first kappa shape index (κ1) is 16.6. The van der Waals surface area contributed by atoms with Crippen molar-refractivity contribution in [3.63, 3.8) is 0 Å². The Morgan fingerprint density at radius 3 is 2.85 bits per heavy atom. The SMILES string of the molecule is CN(Cc1n[nH]c2c1CCCCC2)C(=O)c1cc(-c2ccccc2)on1. The van der Waals surface area contributed by atoms with Gasteiger partial charge in [-0.15, -0.1) is 0 Å². The molecule has 0 aliphatic heterocycles. The molecule has 0 fully saturated rings. The van der Waals surface area contributed by atoms with Crippen LogP contribution in [0.5, 0.6) is 0 Å². The number of hydrogen-bond donors (Lipinski definition) is 1. The maximum Gasteiger partial charge on any atom is 0.276 e. The quantitative estimate of drug-likeness (QED) is 0.730. The molecule has 0 bridgehead atoms. The van der Waals surface area contributed by atoms with Gasteiger partial charge in [0.2, 0.25) is 0 Å². The van der Waals surface area contributed by atoms with Crippen molar-refractivity contribution in [2.24, 2.45) is 0 Å². The lowest BCUT2D eigenvalue weighted by molar-refractivity contribution is 0.0773. The van der Waals surface area contributed by atoms with Gasteiger partial charge in [0.05, 0.1) is 12.2 Å². The minimum absolute atomic E-state index is 0.165. The maximum absolute atomic E-state index is 12.7. The molecule has 0 saturated heterocycles. The number of aryl methyl sites for hydroxylation is 1. The van der Waals surface area contributed by atoms with Gasteiger partial charge < -0.3 is 9.42 Å². The fourth-order valence-electron chi connectivity index (χ4n) is 3.46. The second-order valence-corrected chi connectivity index (χ2v) is 6.79. The first-order chi connectivity index (χ1) is 12.7. The van der Waals surface area contributed by atoms with Gasteiger partial charge in [-0.1, -0.05) is 41.9 Å². The third kappa shape index (κ3) is 3.27. The summed E-state index contributed by atoms with van der Waals surface area (Å²) >= 11 is 0. The lowest BCUT2D eigenvalue weighted by Crippen LogP contribution is -2.27. The number of carbonyl (C=O) groups excluding carboxylic acids is 1. The van der Waals surface area contributed by atoms with E-state index in [9.17, 15) is 4.79 Å². The summed E-state index contributed by atoms with van der Waals surface area (Å²) in [4.78, 5) is 14.4. The van der Waals surface area contributed by atoms with Crippen molar-refractivity contribution < 1.29 is 9.32 Å². The highest BCUT2D eigenvalue weighted by atomic mass is 16.5. The standard InChI is InChI=1S/C20H22N4O2/c1-24(13-18-15-10-6-3-7-11-16(15)21-22-18)20(25)17-12-19(26-23-17)14-8-4-2-5-9-14/h2,4-5,8-9,12H,3,6-7,10-11,13H2,1H3,(H,21,22). The summed E-state index contributed by atoms with van der Waals surface area (Å²) in [7, 11) is 1.77. The van der Waals surface area contributed by atoms with E-state index in [0.717, 1.165) is 24.1 Å². The topological polar surface area (TPSA) is 75.0 Å². The van der Waals surface area contributed by atoms with Crippen LogP contribution in [-0.2, 0) is 19.4 Å². The van der Waals surface area contributed by atoms with Crippen LogP contribution in [0.15, 0.2) is 40.9 Å². The van der Waals surface area contributed by atoms with Gasteiger partial charge in [-0.25, -0.2) is 0 Å². The number of aromatic amines is 1. The van der Waals surface area contributed by atoms with Crippen LogP contribution >= 0.6 is 0 Å². The van der Waals surface area contributed by atoms with Crippen molar-refractivity contribution in [1.29, 1.82) is 0 Å². The first-order valence-electron chi connectivity index (χ1n) is 9.05. The predicted molar refractivity (Wildman–Crippen MR) is 97.6 cm³/mol. The molecular weight excluding hydrogens is 328 g/mol. The summed E-state index contributed by atoms with van der Waals surface area (Å²) in [6, 6.07) is 11.3. The number of aromatic nitrogens is 3. The zero-order chi connectivity index (χ0) is 17.9. The van der Waals surface area contributed by atoms with Crippen LogP contribution in [0.3, 0.4) is 0 Å². The van der Waals surface area contributed by atoms with Gasteiger partial charge >= 0.3 is 0 Å². The molecule has 1 aliphatic rings. The van der Waals surface area contributed by atoms with Crippen LogP contribution in [-0.4, -0.2) is 33.2 Å². The number of nitrogens with zero attached hydrogens (tertiary/aromatic N) is 3. The van der Waals surface area contributed by atoms with E-state index in [1.54, 1.807) is 18.0 Å². The van der Waals surface area contributed by atoms with Crippen LogP contribution in [0.1, 0.15) is 46.7 Å². The van der Waals surface area contributed by atoms with E-state index in [1.807, 2.05) is 30.3 Å². The summed E-state index contributed by atoms with van der Waals surface area (Å²) in [6.45, 7) is 0.470. The van der Waals surface area contributed by atoms with Gasteiger partial charge in [0, 0.05) is 24.4 Å². The molecule has 0 unspecified atom stereocenters. The van der Waals surface area contributed by atoms with E-state index in [1.165, 1.54) is 30.5 Å². The van der Waals surface area contributed by atoms with Crippen LogP contribution in [0.25, 0.3) is 11.3 Å². The van der Waals surface area contributed by atoms with Crippen LogP contribution in [0.4, 0.5) is 0 Å². The third-order valence-corrected chi connectivity index (χ3v) is 4.91. The van der Waals surface area contributed by atoms with E-state index in [0.29, 0.717) is 18.0 Å². The van der Waals surface area contributed by atoms with E-state index in [-0.39, 0.29) is 5.91 Å². The zero-order valence-electron chi connectivity index (χ0n) is 14.9. The van der Waals surface area contributed by atoms with Gasteiger partial charge in [-0.05, 0) is 31.2 Å². The Hall–Kier alpha value is -2.89. The van der Waals surface area contributed by atoms with Gasteiger partial charge in [0.15, 0.2) is 11.5 Å². The smallest absolute Gasteiger partial charge is 0.276 e. The van der Waals surface area contributed by atoms with Crippen molar-refractivity contribution in [2.75, 3.05) is 7.05 Å². The highest BCUT2D eigenvalue weighted by molar-refractivity contribution is 5.92. The Labute approximate surface area is 152 Å². The van der Waals surface area contributed by atoms with E-state index >= 15 is 0 Å². The molecule has 0 atom stereocenters. The fraction of sp³-hybridized carbons (Fsp3) is 0.350. The molecule has 134 valence electrons. The fourth-order valence-corrected chi connectivity index (χ4v) is 3.46. The van der Waals surface area contributed by atoms with Gasteiger partial charge in [-0.3, -0.25) is 9.89 Å². The number of H-pyrrole nitrogens is 1. The molecule has 0 spiro atoms. The van der Waals surface area contributed by atoms with Gasteiger partial charge in [0.1, 0.15) is 0 Å². The van der Waals surface area contributed by atoms with Gasteiger partial charge in [0.25, 0.3) is 5.91 Å². The number of benzene rings is 1. The van der Waals surface area contributed by atoms with Crippen molar-refractivity contribution >= 4 is 5.91 Å². The van der Waals surface area contributed by atoms with Gasteiger partial charge in [-0.2, -0.15) is 5.10 Å². The zero-order valence-corrected chi connectivity index (χ0v) is 14.9. The van der Waals surface area contributed by atoms with Crippen LogP contribution in [0.2, 0.25) is 0 Å². The largest absolute Gasteiger partial charge is 0.355 e. The molecular formula is C20H22N4O2. The number of hydrogen-bond acceptors (Lipinski definition) is 4. The summed E-state index contributed by atoms with van der Waals surface area (Å²) in [5.41, 5.74) is 4.69. The molecule has 6 nitrogen and oxygen atoms in total. The second-order valence-electron chi connectivity index (χ2n) is 6.79. The Balaban J connectivity index is 1.49. The number of nitrogens with one attached hydrogen (secondary N) is 1. The molecule has 3 aromatic rings. The van der Waals surface area contributed by atoms with Crippen molar-refractivity contribution in [1.82, 2.24) is 20.3 Å². The molecule has 1 aliphatic carbocycles. The van der Waals surface area contributed by atoms with E-state index in [2.05, 4.69) is 15.4 Å². The monoisotopic (exact) mass is 350 g/mol. The molecule has 4 rings (SSSR count). The summed E-state index contributed by atoms with van der Waals surface area (Å²) in [5.74, 6) is 0.428. The Bertz CT molecular complexity index is 898. The molecule has 1 aromatic carbocycles. The Morgan fingerprint density at radius 1 is 1.19 bits per heavy atom. The molecule has 0 radical (unpaired) electrons. The van der Waals surface area contributed by atoms with Crippen molar-refractivity contribution in [3.8, 4) is 11.3 Å². The summed E-state index contributed by atoms with van der Waals surface area (Å²) in [6.07, 6.45) is 5.71. The molecule has 2 aromatic heterocycles. The molecule has 6 heteroatoms. The van der Waals surface area contributed by atoms with E-state index < -0.39 is 0 Å². The number of fused-ring (bicyclic) bond motifs is 1. The minimum Gasteiger partial charge on any atom is -0.355 e. The second kappa shape index (κ2) is 7.15. The number of rotatable bonds is 4.